The van der Waals surface area contributed by atoms with Crippen molar-refractivity contribution in [3.63, 3.8) is 0 Å². The van der Waals surface area contributed by atoms with Gasteiger partial charge in [-0.3, -0.25) is 5.43 Å². The number of benzene rings is 1. The Balaban J connectivity index is 2.71. The predicted octanol–water partition coefficient (Wildman–Crippen LogP) is 1.68. The summed E-state index contributed by atoms with van der Waals surface area (Å²) in [6.45, 7) is 1.79. The number of rotatable bonds is 4. The van der Waals surface area contributed by atoms with Crippen molar-refractivity contribution in [2.75, 3.05) is 12.0 Å². The van der Waals surface area contributed by atoms with E-state index in [9.17, 15) is 9.18 Å². The minimum absolute atomic E-state index is 0.163. The molecule has 1 aromatic carbocycles. The Morgan fingerprint density at radius 1 is 1.53 bits per heavy atom. The number of hydrogen-bond donors (Lipinski definition) is 1. The van der Waals surface area contributed by atoms with Crippen molar-refractivity contribution < 1.29 is 13.9 Å². The Bertz CT molecular complexity index is 463. The third kappa shape index (κ3) is 3.91. The molecule has 17 heavy (non-hydrogen) atoms. The average Bonchev–Trinajstić information content (AvgIpc) is 2.32. The molecule has 0 saturated carbocycles. The summed E-state index contributed by atoms with van der Waals surface area (Å²) in [6, 6.07) is 6.93. The molecule has 0 spiro atoms. The first-order valence-electron chi connectivity index (χ1n) is 4.84. The summed E-state index contributed by atoms with van der Waals surface area (Å²) >= 11 is 0. The van der Waals surface area contributed by atoms with Crippen molar-refractivity contribution in [3.8, 4) is 6.07 Å². The van der Waals surface area contributed by atoms with E-state index in [2.05, 4.69) is 15.3 Å². The van der Waals surface area contributed by atoms with E-state index in [0.717, 1.165) is 0 Å². The first-order chi connectivity index (χ1) is 8.17. The largest absolute Gasteiger partial charge is 0.461 e. The lowest BCUT2D eigenvalue weighted by Gasteiger charge is -2.01. The second-order valence-corrected chi connectivity index (χ2v) is 2.91. The van der Waals surface area contributed by atoms with Gasteiger partial charge in [0.05, 0.1) is 12.3 Å². The highest BCUT2D eigenvalue weighted by Gasteiger charge is 2.11. The maximum atomic E-state index is 12.6. The van der Waals surface area contributed by atoms with Crippen LogP contribution in [0.1, 0.15) is 6.92 Å². The van der Waals surface area contributed by atoms with Crippen LogP contribution in [0.5, 0.6) is 0 Å². The molecule has 0 unspecified atom stereocenters. The number of esters is 1. The van der Waals surface area contributed by atoms with E-state index in [1.54, 1.807) is 13.0 Å². The van der Waals surface area contributed by atoms with Gasteiger partial charge < -0.3 is 4.74 Å². The minimum Gasteiger partial charge on any atom is -0.461 e. The molecule has 0 aliphatic rings. The zero-order valence-corrected chi connectivity index (χ0v) is 9.11. The Hall–Kier alpha value is -2.42. The number of nitrogens with zero attached hydrogens (tertiary/aromatic N) is 2. The van der Waals surface area contributed by atoms with Crippen LogP contribution in [0.4, 0.5) is 10.1 Å². The Morgan fingerprint density at radius 3 is 2.71 bits per heavy atom. The molecular formula is C11H10FN3O2. The summed E-state index contributed by atoms with van der Waals surface area (Å²) in [6.07, 6.45) is 0. The van der Waals surface area contributed by atoms with Crippen molar-refractivity contribution >= 4 is 17.4 Å². The van der Waals surface area contributed by atoms with E-state index < -0.39 is 11.7 Å². The normalized spacial score (nSPS) is 10.5. The second-order valence-electron chi connectivity index (χ2n) is 2.91. The molecule has 0 fully saturated rings. The Labute approximate surface area is 97.5 Å². The summed E-state index contributed by atoms with van der Waals surface area (Å²) in [5.41, 5.74) is 2.53. The maximum absolute atomic E-state index is 12.6. The highest BCUT2D eigenvalue weighted by molar-refractivity contribution is 6.43. The van der Waals surface area contributed by atoms with Crippen LogP contribution in [0.25, 0.3) is 0 Å². The van der Waals surface area contributed by atoms with Gasteiger partial charge in [-0.25, -0.2) is 9.18 Å². The molecule has 0 aliphatic heterocycles. The van der Waals surface area contributed by atoms with Gasteiger partial charge in [-0.15, -0.1) is 0 Å². The number of halogens is 1. The number of nitriles is 1. The number of ether oxygens (including phenoxy) is 1. The number of carbonyl (C=O) groups is 1. The molecule has 88 valence electrons. The van der Waals surface area contributed by atoms with Crippen LogP contribution in [-0.2, 0) is 9.53 Å². The molecule has 0 saturated heterocycles. The summed E-state index contributed by atoms with van der Waals surface area (Å²) in [4.78, 5) is 11.2. The molecular weight excluding hydrogens is 225 g/mol. The van der Waals surface area contributed by atoms with Crippen LogP contribution in [0, 0.1) is 17.1 Å². The van der Waals surface area contributed by atoms with Crippen molar-refractivity contribution in [1.29, 1.82) is 5.26 Å². The molecule has 5 nitrogen and oxygen atoms in total. The van der Waals surface area contributed by atoms with Gasteiger partial charge >= 0.3 is 5.97 Å². The number of carbonyl (C=O) groups excluding carboxylic acids is 1. The van der Waals surface area contributed by atoms with Crippen LogP contribution in [-0.4, -0.2) is 18.3 Å². The Kier molecular flexibility index (Phi) is 4.63. The van der Waals surface area contributed by atoms with E-state index >= 15 is 0 Å². The maximum Gasteiger partial charge on any atom is 0.369 e. The smallest absolute Gasteiger partial charge is 0.369 e. The number of hydrogen-bond acceptors (Lipinski definition) is 5. The van der Waals surface area contributed by atoms with Crippen molar-refractivity contribution in [1.82, 2.24) is 0 Å². The minimum atomic E-state index is -0.801. The van der Waals surface area contributed by atoms with Crippen LogP contribution in [0.2, 0.25) is 0 Å². The van der Waals surface area contributed by atoms with Gasteiger partial charge in [0.2, 0.25) is 5.71 Å². The first kappa shape index (κ1) is 12.6. The number of hydrazone groups is 1. The lowest BCUT2D eigenvalue weighted by Crippen LogP contribution is -2.17. The van der Waals surface area contributed by atoms with Crippen molar-refractivity contribution in [3.05, 3.63) is 30.1 Å². The fraction of sp³-hybridized carbons (Fsp3) is 0.182. The van der Waals surface area contributed by atoms with Gasteiger partial charge in [-0.05, 0) is 31.2 Å². The summed E-state index contributed by atoms with van der Waals surface area (Å²) in [7, 11) is 0. The van der Waals surface area contributed by atoms with Gasteiger partial charge in [0.1, 0.15) is 11.9 Å². The molecule has 0 heterocycles. The van der Waals surface area contributed by atoms with Gasteiger partial charge in [-0.1, -0.05) is 0 Å². The fourth-order valence-corrected chi connectivity index (χ4v) is 0.961. The predicted molar refractivity (Wildman–Crippen MR) is 59.7 cm³/mol. The molecule has 1 rings (SSSR count). The lowest BCUT2D eigenvalue weighted by atomic mass is 10.3. The van der Waals surface area contributed by atoms with Crippen LogP contribution in [0.15, 0.2) is 29.4 Å². The lowest BCUT2D eigenvalue weighted by molar-refractivity contribution is -0.134. The summed E-state index contributed by atoms with van der Waals surface area (Å²) < 4.78 is 17.2. The molecule has 0 bridgehead atoms. The molecule has 0 aromatic heterocycles. The first-order valence-corrected chi connectivity index (χ1v) is 4.84. The quantitative estimate of drug-likeness (QED) is 0.489. The van der Waals surface area contributed by atoms with E-state index in [1.165, 1.54) is 24.3 Å². The van der Waals surface area contributed by atoms with Gasteiger partial charge in [0.15, 0.2) is 0 Å². The second kappa shape index (κ2) is 6.23. The molecule has 0 atom stereocenters. The fourth-order valence-electron chi connectivity index (χ4n) is 0.961. The van der Waals surface area contributed by atoms with E-state index in [4.69, 9.17) is 5.26 Å². The van der Waals surface area contributed by atoms with Crippen LogP contribution < -0.4 is 5.43 Å². The topological polar surface area (TPSA) is 74.5 Å². The number of anilines is 1. The number of nitrogens with one attached hydrogen (secondary N) is 1. The molecule has 1 aromatic rings. The van der Waals surface area contributed by atoms with Crippen LogP contribution >= 0.6 is 0 Å². The molecule has 0 amide bonds. The third-order valence-corrected chi connectivity index (χ3v) is 1.72. The van der Waals surface area contributed by atoms with E-state index in [-0.39, 0.29) is 12.4 Å². The highest BCUT2D eigenvalue weighted by Crippen LogP contribution is 2.07. The third-order valence-electron chi connectivity index (χ3n) is 1.72. The van der Waals surface area contributed by atoms with Gasteiger partial charge in [0, 0.05) is 0 Å². The van der Waals surface area contributed by atoms with Gasteiger partial charge in [-0.2, -0.15) is 10.4 Å². The van der Waals surface area contributed by atoms with Gasteiger partial charge in [0.25, 0.3) is 0 Å². The Morgan fingerprint density at radius 2 is 2.18 bits per heavy atom. The van der Waals surface area contributed by atoms with E-state index in [0.29, 0.717) is 5.69 Å². The summed E-state index contributed by atoms with van der Waals surface area (Å²) in [5.74, 6) is -1.19. The highest BCUT2D eigenvalue weighted by atomic mass is 19.1. The van der Waals surface area contributed by atoms with Crippen molar-refractivity contribution in [2.45, 2.75) is 6.92 Å². The molecule has 1 N–H and O–H groups in total. The SMILES string of the molecule is CCOC(=O)/C(C#N)=N/Nc1ccc(F)cc1. The molecule has 6 heteroatoms. The standard InChI is InChI=1S/C11H10FN3O2/c1-2-17-11(16)10(7-13)15-14-9-5-3-8(12)4-6-9/h3-6,14H,2H2,1H3/b15-10+. The van der Waals surface area contributed by atoms with E-state index in [1.807, 2.05) is 0 Å². The monoisotopic (exact) mass is 235 g/mol. The average molecular weight is 235 g/mol. The summed E-state index contributed by atoms with van der Waals surface area (Å²) in [5, 5.41) is 12.2. The zero-order chi connectivity index (χ0) is 12.7. The van der Waals surface area contributed by atoms with Crippen molar-refractivity contribution in [2.24, 2.45) is 5.10 Å². The molecule has 0 aliphatic carbocycles. The molecule has 0 radical (unpaired) electrons. The zero-order valence-electron chi connectivity index (χ0n) is 9.11. The van der Waals surface area contributed by atoms with Crippen LogP contribution in [0.3, 0.4) is 0 Å².